The second-order valence-corrected chi connectivity index (χ2v) is 3.25. The smallest absolute Gasteiger partial charge is 0.123 e. The predicted octanol–water partition coefficient (Wildman–Crippen LogP) is 0.955. The number of nitrogens with one attached hydrogen (secondary N) is 1. The number of halogens is 1. The molecule has 0 radical (unpaired) electrons. The molecule has 0 spiro atoms. The van der Waals surface area contributed by atoms with Crippen LogP contribution >= 0.6 is 23.7 Å². The molecule has 0 unspecified atom stereocenters. The molecule has 1 rings (SSSR count). The van der Waals surface area contributed by atoms with Gasteiger partial charge in [0.05, 0.1) is 0 Å². The molecule has 5 N–H and O–H groups in total. The van der Waals surface area contributed by atoms with Gasteiger partial charge in [-0.3, -0.25) is 5.41 Å². The lowest BCUT2D eigenvalue weighted by Crippen LogP contribution is -2.09. The van der Waals surface area contributed by atoms with E-state index in [0.29, 0.717) is 6.54 Å². The van der Waals surface area contributed by atoms with Crippen LogP contribution in [0.5, 0.6) is 0 Å². The largest absolute Gasteiger partial charge is 0.384 e. The minimum absolute atomic E-state index is 0. The van der Waals surface area contributed by atoms with Crippen molar-refractivity contribution in [3.8, 4) is 0 Å². The van der Waals surface area contributed by atoms with Crippen molar-refractivity contribution in [3.05, 3.63) is 21.9 Å². The molecule has 1 heterocycles. The predicted molar refractivity (Wildman–Crippen MR) is 55.3 cm³/mol. The summed E-state index contributed by atoms with van der Waals surface area (Å²) < 4.78 is 0. The Kier molecular flexibility index (Phi) is 4.89. The summed E-state index contributed by atoms with van der Waals surface area (Å²) in [6.45, 7) is 0.651. The van der Waals surface area contributed by atoms with Gasteiger partial charge in [-0.05, 0) is 19.0 Å². The summed E-state index contributed by atoms with van der Waals surface area (Å²) in [6, 6.07) is 1.92. The molecule has 1 aromatic heterocycles. The molecule has 0 amide bonds. The van der Waals surface area contributed by atoms with Gasteiger partial charge in [-0.15, -0.1) is 23.7 Å². The van der Waals surface area contributed by atoms with Gasteiger partial charge in [0, 0.05) is 15.8 Å². The Bertz CT molecular complexity index is 259. The van der Waals surface area contributed by atoms with Crippen molar-refractivity contribution in [2.24, 2.45) is 11.5 Å². The van der Waals surface area contributed by atoms with Gasteiger partial charge < -0.3 is 11.5 Å². The molecule has 5 heteroatoms. The first-order chi connectivity index (χ1) is 5.24. The van der Waals surface area contributed by atoms with Crippen LogP contribution in [0.15, 0.2) is 11.4 Å². The van der Waals surface area contributed by atoms with Crippen LogP contribution in [-0.4, -0.2) is 12.4 Å². The topological polar surface area (TPSA) is 75.9 Å². The Morgan fingerprint density at radius 2 is 2.25 bits per heavy atom. The highest BCUT2D eigenvalue weighted by Crippen LogP contribution is 2.13. The van der Waals surface area contributed by atoms with E-state index in [9.17, 15) is 0 Å². The summed E-state index contributed by atoms with van der Waals surface area (Å²) in [6.07, 6.45) is 0.873. The maximum absolute atomic E-state index is 7.13. The average molecular weight is 206 g/mol. The molecule has 0 atom stereocenters. The summed E-state index contributed by atoms with van der Waals surface area (Å²) in [4.78, 5) is 1.19. The molecule has 0 fully saturated rings. The first-order valence-corrected chi connectivity index (χ1v) is 4.24. The standard InChI is InChI=1S/C7H11N3S.ClH/c8-2-1-6-3-5(4-11-6)7(9)10;/h3-4H,1-2,8H2,(H3,9,10);1H. The molecule has 12 heavy (non-hydrogen) atoms. The van der Waals surface area contributed by atoms with Crippen LogP contribution in [0.25, 0.3) is 0 Å². The van der Waals surface area contributed by atoms with Crippen LogP contribution in [0.3, 0.4) is 0 Å². The van der Waals surface area contributed by atoms with Gasteiger partial charge >= 0.3 is 0 Å². The molecule has 0 aromatic carbocycles. The zero-order chi connectivity index (χ0) is 8.27. The van der Waals surface area contributed by atoms with E-state index in [4.69, 9.17) is 16.9 Å². The maximum Gasteiger partial charge on any atom is 0.123 e. The molecule has 3 nitrogen and oxygen atoms in total. The van der Waals surface area contributed by atoms with Crippen molar-refractivity contribution < 1.29 is 0 Å². The minimum atomic E-state index is 0. The highest BCUT2D eigenvalue weighted by molar-refractivity contribution is 7.10. The molecular formula is C7H12ClN3S. The zero-order valence-electron chi connectivity index (χ0n) is 6.54. The van der Waals surface area contributed by atoms with E-state index in [1.807, 2.05) is 11.4 Å². The van der Waals surface area contributed by atoms with Gasteiger partial charge in [0.15, 0.2) is 0 Å². The molecule has 68 valence electrons. The highest BCUT2D eigenvalue weighted by atomic mass is 35.5. The molecule has 0 saturated carbocycles. The normalized spacial score (nSPS) is 9.08. The fourth-order valence-electron chi connectivity index (χ4n) is 0.795. The molecule has 0 aliphatic carbocycles. The van der Waals surface area contributed by atoms with E-state index in [2.05, 4.69) is 0 Å². The lowest BCUT2D eigenvalue weighted by molar-refractivity contribution is 0.988. The number of hydrogen-bond donors (Lipinski definition) is 3. The Morgan fingerprint density at radius 1 is 1.58 bits per heavy atom. The highest BCUT2D eigenvalue weighted by Gasteiger charge is 2.00. The lowest BCUT2D eigenvalue weighted by atomic mass is 10.2. The van der Waals surface area contributed by atoms with Gasteiger partial charge in [0.25, 0.3) is 0 Å². The lowest BCUT2D eigenvalue weighted by Gasteiger charge is -1.89. The van der Waals surface area contributed by atoms with E-state index < -0.39 is 0 Å². The minimum Gasteiger partial charge on any atom is -0.384 e. The van der Waals surface area contributed by atoms with E-state index in [1.54, 1.807) is 11.3 Å². The summed E-state index contributed by atoms with van der Waals surface area (Å²) in [7, 11) is 0. The SMILES string of the molecule is Cl.N=C(N)c1csc(CCN)c1. The third kappa shape index (κ3) is 2.81. The number of nitrogen functional groups attached to an aromatic ring is 1. The van der Waals surface area contributed by atoms with Crippen molar-refractivity contribution in [3.63, 3.8) is 0 Å². The Morgan fingerprint density at radius 3 is 2.67 bits per heavy atom. The average Bonchev–Trinajstić information content (AvgIpc) is 2.37. The quantitative estimate of drug-likeness (QED) is 0.508. The van der Waals surface area contributed by atoms with E-state index in [-0.39, 0.29) is 18.2 Å². The molecule has 0 saturated heterocycles. The fraction of sp³-hybridized carbons (Fsp3) is 0.286. The van der Waals surface area contributed by atoms with Crippen LogP contribution in [0.4, 0.5) is 0 Å². The van der Waals surface area contributed by atoms with Crippen LogP contribution in [-0.2, 0) is 6.42 Å². The number of thiophene rings is 1. The van der Waals surface area contributed by atoms with Gasteiger partial charge in [-0.25, -0.2) is 0 Å². The first kappa shape index (κ1) is 11.4. The first-order valence-electron chi connectivity index (χ1n) is 3.36. The van der Waals surface area contributed by atoms with Gasteiger partial charge in [0.1, 0.15) is 5.84 Å². The van der Waals surface area contributed by atoms with Crippen LogP contribution in [0.2, 0.25) is 0 Å². The Balaban J connectivity index is 0.00000121. The fourth-order valence-corrected chi connectivity index (χ4v) is 1.70. The van der Waals surface area contributed by atoms with Gasteiger partial charge in [-0.2, -0.15) is 0 Å². The molecule has 1 aromatic rings. The van der Waals surface area contributed by atoms with Crippen LogP contribution in [0, 0.1) is 5.41 Å². The monoisotopic (exact) mass is 205 g/mol. The summed E-state index contributed by atoms with van der Waals surface area (Å²) in [5.74, 6) is 0.129. The van der Waals surface area contributed by atoms with E-state index >= 15 is 0 Å². The van der Waals surface area contributed by atoms with Crippen LogP contribution in [0.1, 0.15) is 10.4 Å². The van der Waals surface area contributed by atoms with Crippen LogP contribution < -0.4 is 11.5 Å². The summed E-state index contributed by atoms with van der Waals surface area (Å²) in [5.41, 5.74) is 11.5. The summed E-state index contributed by atoms with van der Waals surface area (Å²) in [5, 5.41) is 9.02. The third-order valence-corrected chi connectivity index (χ3v) is 2.35. The Hall–Kier alpha value is -0.580. The number of hydrogen-bond acceptors (Lipinski definition) is 3. The second kappa shape index (κ2) is 5.13. The number of rotatable bonds is 3. The maximum atomic E-state index is 7.13. The molecular weight excluding hydrogens is 194 g/mol. The molecule has 0 bridgehead atoms. The van der Waals surface area contributed by atoms with Gasteiger partial charge in [-0.1, -0.05) is 0 Å². The zero-order valence-corrected chi connectivity index (χ0v) is 8.17. The van der Waals surface area contributed by atoms with Crippen molar-refractivity contribution in [1.82, 2.24) is 0 Å². The Labute approximate surface area is 81.7 Å². The molecule has 0 aliphatic heterocycles. The van der Waals surface area contributed by atoms with E-state index in [0.717, 1.165) is 12.0 Å². The number of nitrogens with two attached hydrogens (primary N) is 2. The van der Waals surface area contributed by atoms with Gasteiger partial charge in [0.2, 0.25) is 0 Å². The van der Waals surface area contributed by atoms with Crippen molar-refractivity contribution >= 4 is 29.6 Å². The van der Waals surface area contributed by atoms with Crippen molar-refractivity contribution in [2.75, 3.05) is 6.54 Å². The number of amidine groups is 1. The van der Waals surface area contributed by atoms with Crippen molar-refractivity contribution in [2.45, 2.75) is 6.42 Å². The third-order valence-electron chi connectivity index (χ3n) is 1.36. The van der Waals surface area contributed by atoms with Crippen molar-refractivity contribution in [1.29, 1.82) is 5.41 Å². The van der Waals surface area contributed by atoms with E-state index in [1.165, 1.54) is 4.88 Å². The molecule has 0 aliphatic rings. The summed E-state index contributed by atoms with van der Waals surface area (Å²) >= 11 is 1.60. The second-order valence-electron chi connectivity index (χ2n) is 2.25.